The van der Waals surface area contributed by atoms with Gasteiger partial charge in [-0.3, -0.25) is 4.79 Å². The van der Waals surface area contributed by atoms with Crippen molar-refractivity contribution in [2.75, 3.05) is 7.11 Å². The van der Waals surface area contributed by atoms with Crippen molar-refractivity contribution in [2.45, 2.75) is 71.1 Å². The molecule has 0 aromatic heterocycles. The van der Waals surface area contributed by atoms with Crippen LogP contribution in [0.2, 0.25) is 0 Å². The van der Waals surface area contributed by atoms with Crippen LogP contribution in [0.15, 0.2) is 12.2 Å². The lowest BCUT2D eigenvalue weighted by atomic mass is 10.1. The maximum absolute atomic E-state index is 10.8. The Labute approximate surface area is 106 Å². The van der Waals surface area contributed by atoms with Crippen LogP contribution in [0, 0.1) is 0 Å². The highest BCUT2D eigenvalue weighted by molar-refractivity contribution is 5.68. The molecule has 0 N–H and O–H groups in total. The third-order valence-corrected chi connectivity index (χ3v) is 2.88. The fourth-order valence-corrected chi connectivity index (χ4v) is 1.80. The summed E-state index contributed by atoms with van der Waals surface area (Å²) in [6.45, 7) is 2.17. The summed E-state index contributed by atoms with van der Waals surface area (Å²) in [6.07, 6.45) is 16.2. The van der Waals surface area contributed by atoms with Gasteiger partial charge < -0.3 is 4.74 Å². The average Bonchev–Trinajstić information content (AvgIpc) is 2.35. The first kappa shape index (κ1) is 16.2. The average molecular weight is 240 g/mol. The lowest BCUT2D eigenvalue weighted by Crippen LogP contribution is -1.99. The van der Waals surface area contributed by atoms with Crippen molar-refractivity contribution in [1.82, 2.24) is 0 Å². The van der Waals surface area contributed by atoms with Crippen molar-refractivity contribution in [3.05, 3.63) is 12.2 Å². The molecule has 0 heterocycles. The summed E-state index contributed by atoms with van der Waals surface area (Å²) in [5.74, 6) is -0.0762. The summed E-state index contributed by atoms with van der Waals surface area (Å²) in [6, 6.07) is 0. The van der Waals surface area contributed by atoms with Crippen LogP contribution in [-0.2, 0) is 9.53 Å². The fourth-order valence-electron chi connectivity index (χ4n) is 1.80. The molecule has 2 nitrogen and oxygen atoms in total. The summed E-state index contributed by atoms with van der Waals surface area (Å²) >= 11 is 0. The zero-order chi connectivity index (χ0) is 12.8. The lowest BCUT2D eigenvalue weighted by Gasteiger charge is -2.01. The molecule has 0 saturated carbocycles. The standard InChI is InChI=1S/C15H28O2/c1-3-4-5-6-7-8-9-10-11-12-13-14-15(16)17-2/h4-5H,3,6-14H2,1-2H3/b5-4+. The summed E-state index contributed by atoms with van der Waals surface area (Å²) in [5.41, 5.74) is 0. The topological polar surface area (TPSA) is 26.3 Å². The van der Waals surface area contributed by atoms with E-state index in [0.717, 1.165) is 19.3 Å². The second kappa shape index (κ2) is 13.3. The van der Waals surface area contributed by atoms with Crippen molar-refractivity contribution in [1.29, 1.82) is 0 Å². The van der Waals surface area contributed by atoms with Gasteiger partial charge in [0.05, 0.1) is 7.11 Å². The predicted molar refractivity (Wildman–Crippen MR) is 73.0 cm³/mol. The molecule has 100 valence electrons. The molecule has 0 bridgehead atoms. The van der Waals surface area contributed by atoms with E-state index in [1.54, 1.807) is 0 Å². The Morgan fingerprint density at radius 1 is 0.941 bits per heavy atom. The first-order chi connectivity index (χ1) is 8.31. The Balaban J connectivity index is 3.03. The molecule has 0 saturated heterocycles. The monoisotopic (exact) mass is 240 g/mol. The molecular formula is C15H28O2. The number of allylic oxidation sites excluding steroid dienone is 2. The molecule has 0 aromatic carbocycles. The molecule has 0 spiro atoms. The van der Waals surface area contributed by atoms with Crippen LogP contribution in [0.3, 0.4) is 0 Å². The number of rotatable bonds is 11. The van der Waals surface area contributed by atoms with E-state index in [-0.39, 0.29) is 5.97 Å². The minimum atomic E-state index is -0.0762. The molecule has 0 aliphatic rings. The van der Waals surface area contributed by atoms with Crippen LogP contribution in [0.5, 0.6) is 0 Å². The molecule has 0 aliphatic heterocycles. The Kier molecular flexibility index (Phi) is 12.7. The van der Waals surface area contributed by atoms with Crippen LogP contribution >= 0.6 is 0 Å². The minimum Gasteiger partial charge on any atom is -0.469 e. The Bertz CT molecular complexity index is 197. The van der Waals surface area contributed by atoms with E-state index in [1.165, 1.54) is 45.6 Å². The molecule has 0 unspecified atom stereocenters. The molecule has 2 heteroatoms. The summed E-state index contributed by atoms with van der Waals surface area (Å²) < 4.78 is 4.60. The molecule has 0 radical (unpaired) electrons. The van der Waals surface area contributed by atoms with Gasteiger partial charge in [-0.05, 0) is 25.7 Å². The van der Waals surface area contributed by atoms with Gasteiger partial charge in [-0.2, -0.15) is 0 Å². The van der Waals surface area contributed by atoms with Gasteiger partial charge in [-0.1, -0.05) is 51.2 Å². The van der Waals surface area contributed by atoms with Gasteiger partial charge in [0.2, 0.25) is 0 Å². The highest BCUT2D eigenvalue weighted by Crippen LogP contribution is 2.10. The van der Waals surface area contributed by atoms with Gasteiger partial charge in [-0.25, -0.2) is 0 Å². The van der Waals surface area contributed by atoms with Crippen LogP contribution in [0.1, 0.15) is 71.1 Å². The molecule has 0 amide bonds. The minimum absolute atomic E-state index is 0.0762. The summed E-state index contributed by atoms with van der Waals surface area (Å²) in [5, 5.41) is 0. The number of esters is 1. The summed E-state index contributed by atoms with van der Waals surface area (Å²) in [4.78, 5) is 10.8. The van der Waals surface area contributed by atoms with Gasteiger partial charge in [0, 0.05) is 6.42 Å². The molecule has 0 aromatic rings. The number of ether oxygens (including phenoxy) is 1. The molecular weight excluding hydrogens is 212 g/mol. The Hall–Kier alpha value is -0.790. The fraction of sp³-hybridized carbons (Fsp3) is 0.800. The second-order valence-electron chi connectivity index (χ2n) is 4.47. The Morgan fingerprint density at radius 3 is 2.12 bits per heavy atom. The molecule has 0 aliphatic carbocycles. The Morgan fingerprint density at radius 2 is 1.53 bits per heavy atom. The predicted octanol–water partition coefficient (Wildman–Crippen LogP) is 4.64. The molecule has 0 fully saturated rings. The maximum Gasteiger partial charge on any atom is 0.305 e. The maximum atomic E-state index is 10.8. The largest absolute Gasteiger partial charge is 0.469 e. The SMILES string of the molecule is CC/C=C/CCCCCCCCCC(=O)OC. The zero-order valence-corrected chi connectivity index (χ0v) is 11.5. The van der Waals surface area contributed by atoms with E-state index in [2.05, 4.69) is 23.8 Å². The highest BCUT2D eigenvalue weighted by atomic mass is 16.5. The number of unbranched alkanes of at least 4 members (excludes halogenated alkanes) is 7. The van der Waals surface area contributed by atoms with Gasteiger partial charge in [0.1, 0.15) is 0 Å². The molecule has 0 atom stereocenters. The van der Waals surface area contributed by atoms with Crippen LogP contribution < -0.4 is 0 Å². The number of hydrogen-bond acceptors (Lipinski definition) is 2. The lowest BCUT2D eigenvalue weighted by molar-refractivity contribution is -0.140. The zero-order valence-electron chi connectivity index (χ0n) is 11.5. The van der Waals surface area contributed by atoms with Gasteiger partial charge in [0.25, 0.3) is 0 Å². The third-order valence-electron chi connectivity index (χ3n) is 2.88. The van der Waals surface area contributed by atoms with E-state index < -0.39 is 0 Å². The van der Waals surface area contributed by atoms with E-state index >= 15 is 0 Å². The van der Waals surface area contributed by atoms with Gasteiger partial charge in [-0.15, -0.1) is 0 Å². The van der Waals surface area contributed by atoms with Gasteiger partial charge in [0.15, 0.2) is 0 Å². The summed E-state index contributed by atoms with van der Waals surface area (Å²) in [7, 11) is 1.45. The number of carbonyl (C=O) groups is 1. The van der Waals surface area contributed by atoms with E-state index in [9.17, 15) is 4.79 Å². The van der Waals surface area contributed by atoms with E-state index in [4.69, 9.17) is 0 Å². The first-order valence-corrected chi connectivity index (χ1v) is 7.03. The first-order valence-electron chi connectivity index (χ1n) is 7.03. The van der Waals surface area contributed by atoms with Crippen LogP contribution in [0.4, 0.5) is 0 Å². The van der Waals surface area contributed by atoms with Gasteiger partial charge >= 0.3 is 5.97 Å². The number of hydrogen-bond donors (Lipinski definition) is 0. The second-order valence-corrected chi connectivity index (χ2v) is 4.47. The quantitative estimate of drug-likeness (QED) is 0.299. The van der Waals surface area contributed by atoms with E-state index in [0.29, 0.717) is 6.42 Å². The smallest absolute Gasteiger partial charge is 0.305 e. The van der Waals surface area contributed by atoms with Crippen molar-refractivity contribution >= 4 is 5.97 Å². The normalized spacial score (nSPS) is 10.9. The third kappa shape index (κ3) is 13.1. The van der Waals surface area contributed by atoms with Crippen molar-refractivity contribution in [3.8, 4) is 0 Å². The van der Waals surface area contributed by atoms with Crippen molar-refractivity contribution in [3.63, 3.8) is 0 Å². The van der Waals surface area contributed by atoms with Crippen molar-refractivity contribution in [2.24, 2.45) is 0 Å². The highest BCUT2D eigenvalue weighted by Gasteiger charge is 1.98. The van der Waals surface area contributed by atoms with Crippen molar-refractivity contribution < 1.29 is 9.53 Å². The number of methoxy groups -OCH3 is 1. The van der Waals surface area contributed by atoms with Crippen LogP contribution in [0.25, 0.3) is 0 Å². The molecule has 17 heavy (non-hydrogen) atoms. The number of carbonyl (C=O) groups excluding carboxylic acids is 1. The van der Waals surface area contributed by atoms with E-state index in [1.807, 2.05) is 0 Å². The molecule has 0 rings (SSSR count). The van der Waals surface area contributed by atoms with Crippen LogP contribution in [-0.4, -0.2) is 13.1 Å².